The van der Waals surface area contributed by atoms with Gasteiger partial charge in [-0.3, -0.25) is 9.59 Å². The molecule has 0 saturated carbocycles. The minimum atomic E-state index is -0.985. The van der Waals surface area contributed by atoms with Gasteiger partial charge in [-0.2, -0.15) is 0 Å². The van der Waals surface area contributed by atoms with E-state index in [9.17, 15) is 9.59 Å². The molecule has 0 aliphatic carbocycles. The molecule has 114 valence electrons. The molecule has 0 aromatic heterocycles. The van der Waals surface area contributed by atoms with Crippen molar-refractivity contribution in [2.75, 3.05) is 6.54 Å². The highest BCUT2D eigenvalue weighted by Crippen LogP contribution is 2.32. The third-order valence-electron chi connectivity index (χ3n) is 4.35. The van der Waals surface area contributed by atoms with Crippen LogP contribution >= 0.6 is 0 Å². The maximum atomic E-state index is 13.0. The zero-order chi connectivity index (χ0) is 15.7. The van der Waals surface area contributed by atoms with E-state index in [4.69, 9.17) is 0 Å². The van der Waals surface area contributed by atoms with Gasteiger partial charge in [-0.1, -0.05) is 43.7 Å². The second-order valence-electron chi connectivity index (χ2n) is 6.31. The fourth-order valence-corrected chi connectivity index (χ4v) is 2.74. The Kier molecular flexibility index (Phi) is 4.08. The number of unbranched alkanes of at least 4 members (excludes halogenated alkanes) is 1. The second kappa shape index (κ2) is 5.51. The molecule has 0 radical (unpaired) electrons. The van der Waals surface area contributed by atoms with Crippen molar-refractivity contribution in [3.8, 4) is 0 Å². The second-order valence-corrected chi connectivity index (χ2v) is 6.31. The van der Waals surface area contributed by atoms with Crippen molar-refractivity contribution in [3.63, 3.8) is 0 Å². The van der Waals surface area contributed by atoms with Crippen LogP contribution in [0.15, 0.2) is 30.3 Å². The Morgan fingerprint density at radius 2 is 1.71 bits per heavy atom. The summed E-state index contributed by atoms with van der Waals surface area (Å²) in [6.45, 7) is 8.09. The number of rotatable bonds is 4. The summed E-state index contributed by atoms with van der Waals surface area (Å²) in [5.41, 5.74) is -0.970. The minimum absolute atomic E-state index is 0.0354. The van der Waals surface area contributed by atoms with Gasteiger partial charge in [0.15, 0.2) is 0 Å². The van der Waals surface area contributed by atoms with Crippen LogP contribution in [0.3, 0.4) is 0 Å². The average Bonchev–Trinajstić information content (AvgIpc) is 2.46. The monoisotopic (exact) mass is 288 g/mol. The molecule has 1 N–H and O–H groups in total. The number of carbonyl (C=O) groups is 2. The van der Waals surface area contributed by atoms with Gasteiger partial charge < -0.3 is 10.2 Å². The van der Waals surface area contributed by atoms with Gasteiger partial charge in [0.1, 0.15) is 11.1 Å². The Bertz CT molecular complexity index is 539. The third-order valence-corrected chi connectivity index (χ3v) is 4.35. The molecule has 1 saturated heterocycles. The lowest BCUT2D eigenvalue weighted by Gasteiger charge is -2.49. The molecule has 1 fully saturated rings. The van der Waals surface area contributed by atoms with Crippen LogP contribution in [0.2, 0.25) is 0 Å². The molecule has 1 aliphatic heterocycles. The van der Waals surface area contributed by atoms with E-state index >= 15 is 0 Å². The third kappa shape index (κ3) is 2.55. The van der Waals surface area contributed by atoms with E-state index in [1.807, 2.05) is 30.3 Å². The highest BCUT2D eigenvalue weighted by molar-refractivity contribution is 6.02. The number of hydrogen-bond acceptors (Lipinski definition) is 2. The van der Waals surface area contributed by atoms with Crippen LogP contribution < -0.4 is 5.32 Å². The highest BCUT2D eigenvalue weighted by atomic mass is 16.2. The van der Waals surface area contributed by atoms with E-state index < -0.39 is 11.1 Å². The first-order valence-corrected chi connectivity index (χ1v) is 7.54. The fraction of sp³-hybridized carbons (Fsp3) is 0.529. The van der Waals surface area contributed by atoms with E-state index in [1.54, 1.807) is 25.7 Å². The number of amides is 2. The number of hydrogen-bond donors (Lipinski definition) is 1. The van der Waals surface area contributed by atoms with Gasteiger partial charge in [0.25, 0.3) is 5.91 Å². The molecule has 1 unspecified atom stereocenters. The molecular weight excluding hydrogens is 264 g/mol. The number of carbonyl (C=O) groups excluding carboxylic acids is 2. The van der Waals surface area contributed by atoms with Gasteiger partial charge in [0, 0.05) is 6.54 Å². The predicted molar refractivity (Wildman–Crippen MR) is 82.6 cm³/mol. The normalized spacial score (nSPS) is 24.9. The summed E-state index contributed by atoms with van der Waals surface area (Å²) < 4.78 is 0. The lowest BCUT2D eigenvalue weighted by Crippen LogP contribution is -2.71. The number of nitrogens with zero attached hydrogens (tertiary/aromatic N) is 1. The van der Waals surface area contributed by atoms with Crippen molar-refractivity contribution < 1.29 is 9.59 Å². The smallest absolute Gasteiger partial charge is 0.253 e. The van der Waals surface area contributed by atoms with Crippen LogP contribution in [0.25, 0.3) is 0 Å². The maximum absolute atomic E-state index is 13.0. The zero-order valence-corrected chi connectivity index (χ0v) is 13.3. The zero-order valence-electron chi connectivity index (χ0n) is 13.3. The van der Waals surface area contributed by atoms with Gasteiger partial charge in [-0.05, 0) is 32.8 Å². The van der Waals surface area contributed by atoms with Crippen molar-refractivity contribution >= 4 is 11.8 Å². The summed E-state index contributed by atoms with van der Waals surface area (Å²) in [5, 5.41) is 2.93. The van der Waals surface area contributed by atoms with Crippen molar-refractivity contribution in [1.82, 2.24) is 10.2 Å². The van der Waals surface area contributed by atoms with E-state index in [0.717, 1.165) is 18.4 Å². The summed E-state index contributed by atoms with van der Waals surface area (Å²) in [4.78, 5) is 27.3. The molecule has 1 heterocycles. The Labute approximate surface area is 126 Å². The molecule has 2 rings (SSSR count). The Morgan fingerprint density at radius 3 is 2.29 bits per heavy atom. The topological polar surface area (TPSA) is 49.4 Å². The predicted octanol–water partition coefficient (Wildman–Crippen LogP) is 2.44. The maximum Gasteiger partial charge on any atom is 0.253 e. The van der Waals surface area contributed by atoms with Crippen LogP contribution in [-0.2, 0) is 15.1 Å². The molecule has 0 spiro atoms. The summed E-state index contributed by atoms with van der Waals surface area (Å²) in [6.07, 6.45) is 1.89. The molecule has 1 aromatic carbocycles. The molecule has 2 amide bonds. The van der Waals surface area contributed by atoms with Crippen molar-refractivity contribution in [2.45, 2.75) is 51.6 Å². The van der Waals surface area contributed by atoms with Crippen molar-refractivity contribution in [1.29, 1.82) is 0 Å². The molecule has 4 heteroatoms. The SMILES string of the molecule is CCCCN1C(=O)C(C)(c2ccccc2)NC(=O)C1(C)C. The van der Waals surface area contributed by atoms with E-state index in [2.05, 4.69) is 12.2 Å². The minimum Gasteiger partial charge on any atom is -0.336 e. The fourth-order valence-electron chi connectivity index (χ4n) is 2.74. The quantitative estimate of drug-likeness (QED) is 0.925. The molecular formula is C17H24N2O2. The van der Waals surface area contributed by atoms with Crippen LogP contribution in [0.5, 0.6) is 0 Å². The largest absolute Gasteiger partial charge is 0.336 e. The Hall–Kier alpha value is -1.84. The van der Waals surface area contributed by atoms with Gasteiger partial charge in [-0.15, -0.1) is 0 Å². The van der Waals surface area contributed by atoms with Crippen LogP contribution in [0.4, 0.5) is 0 Å². The van der Waals surface area contributed by atoms with Crippen LogP contribution in [0.1, 0.15) is 46.1 Å². The Morgan fingerprint density at radius 1 is 1.10 bits per heavy atom. The number of nitrogens with one attached hydrogen (secondary N) is 1. The lowest BCUT2D eigenvalue weighted by atomic mass is 9.83. The summed E-state index contributed by atoms with van der Waals surface area (Å²) in [5.74, 6) is -0.142. The van der Waals surface area contributed by atoms with E-state index in [0.29, 0.717) is 6.54 Å². The van der Waals surface area contributed by atoms with Crippen LogP contribution in [0, 0.1) is 0 Å². The molecule has 0 bridgehead atoms. The lowest BCUT2D eigenvalue weighted by molar-refractivity contribution is -0.161. The first kappa shape index (κ1) is 15.5. The average molecular weight is 288 g/mol. The summed E-state index contributed by atoms with van der Waals surface area (Å²) in [6, 6.07) is 9.44. The van der Waals surface area contributed by atoms with Gasteiger partial charge in [0.05, 0.1) is 0 Å². The van der Waals surface area contributed by atoms with E-state index in [-0.39, 0.29) is 11.8 Å². The van der Waals surface area contributed by atoms with Crippen molar-refractivity contribution in [2.24, 2.45) is 0 Å². The first-order valence-electron chi connectivity index (χ1n) is 7.54. The molecule has 1 aromatic rings. The molecule has 1 atom stereocenters. The standard InChI is InChI=1S/C17H24N2O2/c1-5-6-12-19-15(21)17(4,13-10-8-7-9-11-13)18-14(20)16(19,2)3/h7-11H,5-6,12H2,1-4H3,(H,18,20). The van der Waals surface area contributed by atoms with Crippen molar-refractivity contribution in [3.05, 3.63) is 35.9 Å². The first-order chi connectivity index (χ1) is 9.84. The van der Waals surface area contributed by atoms with Gasteiger partial charge in [0.2, 0.25) is 5.91 Å². The van der Waals surface area contributed by atoms with Gasteiger partial charge in [-0.25, -0.2) is 0 Å². The number of piperazine rings is 1. The van der Waals surface area contributed by atoms with E-state index in [1.165, 1.54) is 0 Å². The molecule has 21 heavy (non-hydrogen) atoms. The summed E-state index contributed by atoms with van der Waals surface area (Å²) in [7, 11) is 0. The molecule has 1 aliphatic rings. The molecule has 4 nitrogen and oxygen atoms in total. The highest BCUT2D eigenvalue weighted by Gasteiger charge is 2.52. The van der Waals surface area contributed by atoms with Crippen LogP contribution in [-0.4, -0.2) is 28.8 Å². The number of benzene rings is 1. The summed E-state index contributed by atoms with van der Waals surface area (Å²) >= 11 is 0. The Balaban J connectivity index is 2.42. The van der Waals surface area contributed by atoms with Gasteiger partial charge >= 0.3 is 0 Å².